The minimum atomic E-state index is -1.49. The molecule has 2 aromatic rings. The second-order valence-corrected chi connectivity index (χ2v) is 16.9. The fourth-order valence-electron chi connectivity index (χ4n) is 9.80. The molecule has 3 aliphatic rings. The Morgan fingerprint density at radius 2 is 1.13 bits per heavy atom. The first-order valence-electron chi connectivity index (χ1n) is 20.2. The van der Waals surface area contributed by atoms with Gasteiger partial charge in [-0.3, -0.25) is 48.3 Å². The lowest BCUT2D eigenvalue weighted by Gasteiger charge is -2.32. The molecule has 2 unspecified atom stereocenters. The van der Waals surface area contributed by atoms with Crippen molar-refractivity contribution < 1.29 is 79.2 Å². The van der Waals surface area contributed by atoms with E-state index in [1.807, 2.05) is 0 Å². The van der Waals surface area contributed by atoms with Gasteiger partial charge in [-0.2, -0.15) is 0 Å². The van der Waals surface area contributed by atoms with Crippen LogP contribution in [0.25, 0.3) is 11.0 Å². The summed E-state index contributed by atoms with van der Waals surface area (Å²) in [5, 5.41) is 80.2. The molecular weight excluding hydrogens is 828 g/mol. The van der Waals surface area contributed by atoms with Crippen LogP contribution in [0.4, 0.5) is 0 Å². The number of carbonyl (C=O) groups is 8. The summed E-state index contributed by atoms with van der Waals surface area (Å²) in [6, 6.07) is 4.46. The highest BCUT2D eigenvalue weighted by Crippen LogP contribution is 2.52. The minimum Gasteiger partial charge on any atom is -0.481 e. The Labute approximate surface area is 358 Å². The number of carboxylic acids is 8. The number of hydrogen-bond acceptors (Lipinski definition) is 10. The van der Waals surface area contributed by atoms with Crippen molar-refractivity contribution >= 4 is 58.8 Å². The van der Waals surface area contributed by atoms with E-state index in [0.717, 1.165) is 0 Å². The molecule has 0 amide bonds. The topological polar surface area (TPSA) is 356 Å². The molecule has 8 bridgehead atoms. The van der Waals surface area contributed by atoms with Gasteiger partial charge in [0.25, 0.3) is 0 Å². The van der Waals surface area contributed by atoms with E-state index in [9.17, 15) is 79.2 Å². The largest absolute Gasteiger partial charge is 0.481 e. The standard InChI is InChI=1S/C43H50N4O16/c1-19-40-23(13-37(58)59)21(5-9-33(50)51)27(46-40)14-26-20(4-8-32(48)49)22(12-36(56)57)28(44-26)15-29-24(6-10-34(52)53)42(2,17-38(60)61)31(45-29)16-30-25(7-11-35(54)55)43(3,18-39(62)63)41(19)47-30/h14-16,20,22,24-25,45-46H,4-13,17-18H2,1-3H3,(H,48,49)(H,50,51)(H,52,53)(H,54,55)(H,56,57)(H,58,59)(H,60,61)(H,62,63)/t20?,22?,24-,25-,42+,43+/m1/s1. The molecule has 10 N–H and O–H groups in total. The lowest BCUT2D eigenvalue weighted by atomic mass is 9.68. The summed E-state index contributed by atoms with van der Waals surface area (Å²) in [4.78, 5) is 115. The van der Waals surface area contributed by atoms with Crippen LogP contribution in [0.5, 0.6) is 0 Å². The molecule has 0 spiro atoms. The van der Waals surface area contributed by atoms with Crippen molar-refractivity contribution in [1.29, 1.82) is 0 Å². The van der Waals surface area contributed by atoms with E-state index < -0.39 is 134 Å². The quantitative estimate of drug-likeness (QED) is 0.0840. The van der Waals surface area contributed by atoms with Crippen molar-refractivity contribution in [3.63, 3.8) is 0 Å². The van der Waals surface area contributed by atoms with Gasteiger partial charge >= 0.3 is 47.8 Å². The predicted molar refractivity (Wildman–Crippen MR) is 217 cm³/mol. The van der Waals surface area contributed by atoms with Crippen LogP contribution >= 0.6 is 0 Å². The first kappa shape index (κ1) is 47.2. The number of aliphatic carboxylic acids is 8. The highest BCUT2D eigenvalue weighted by atomic mass is 16.4. The zero-order valence-corrected chi connectivity index (χ0v) is 34.8. The maximum absolute atomic E-state index is 12.7. The summed E-state index contributed by atoms with van der Waals surface area (Å²) in [5.74, 6) is -13.7. The van der Waals surface area contributed by atoms with Gasteiger partial charge in [-0.25, -0.2) is 0 Å². The summed E-state index contributed by atoms with van der Waals surface area (Å²) in [6.45, 7) is 4.72. The van der Waals surface area contributed by atoms with Gasteiger partial charge < -0.3 is 50.8 Å². The number of rotatable bonds is 20. The summed E-state index contributed by atoms with van der Waals surface area (Å²) in [5.41, 5.74) is -1.05. The summed E-state index contributed by atoms with van der Waals surface area (Å²) >= 11 is 0. The smallest absolute Gasteiger partial charge is 0.307 e. The minimum absolute atomic E-state index is 0.120. The molecule has 63 heavy (non-hydrogen) atoms. The van der Waals surface area contributed by atoms with Crippen molar-refractivity contribution in [2.24, 2.45) is 0 Å². The Morgan fingerprint density at radius 3 is 1.68 bits per heavy atom. The second kappa shape index (κ2) is 18.6. The van der Waals surface area contributed by atoms with Crippen LogP contribution in [-0.4, -0.2) is 109 Å². The molecule has 0 aliphatic carbocycles. The maximum Gasteiger partial charge on any atom is 0.307 e. The van der Waals surface area contributed by atoms with Crippen LogP contribution in [0.1, 0.15) is 153 Å². The number of aromatic nitrogens is 4. The molecule has 0 fully saturated rings. The Hall–Kier alpha value is -6.86. The zero-order chi connectivity index (χ0) is 46.7. The van der Waals surface area contributed by atoms with Crippen LogP contribution in [-0.2, 0) is 62.0 Å². The van der Waals surface area contributed by atoms with Gasteiger partial charge in [-0.1, -0.05) is 13.8 Å². The lowest BCUT2D eigenvalue weighted by Crippen LogP contribution is -2.32. The summed E-state index contributed by atoms with van der Waals surface area (Å²) in [6.07, 6.45) is -4.79. The molecule has 0 saturated heterocycles. The van der Waals surface area contributed by atoms with E-state index in [4.69, 9.17) is 9.97 Å². The average molecular weight is 879 g/mol. The third-order valence-electron chi connectivity index (χ3n) is 12.6. The number of fused-ring (bicyclic) bond motifs is 8. The molecular formula is C43H50N4O16. The maximum atomic E-state index is 12.7. The number of H-pyrrole nitrogens is 2. The van der Waals surface area contributed by atoms with Crippen molar-refractivity contribution in [2.75, 3.05) is 0 Å². The highest BCUT2D eigenvalue weighted by Gasteiger charge is 2.49. The van der Waals surface area contributed by atoms with E-state index in [1.165, 1.54) is 18.2 Å². The first-order valence-corrected chi connectivity index (χ1v) is 20.2. The van der Waals surface area contributed by atoms with E-state index >= 15 is 0 Å². The van der Waals surface area contributed by atoms with Gasteiger partial charge in [0.05, 0.1) is 31.4 Å². The molecule has 338 valence electrons. The number of carboxylic acid groups (broad SMARTS) is 8. The lowest BCUT2D eigenvalue weighted by molar-refractivity contribution is -0.140. The molecule has 0 radical (unpaired) electrons. The van der Waals surface area contributed by atoms with E-state index in [1.54, 1.807) is 20.8 Å². The fraction of sp³-hybridized carbons (Fsp3) is 0.488. The van der Waals surface area contributed by atoms with Gasteiger partial charge in [-0.05, 0) is 67.5 Å². The molecule has 5 rings (SSSR count). The predicted octanol–water partition coefficient (Wildman–Crippen LogP) is 4.96. The number of hydrogen-bond donors (Lipinski definition) is 10. The van der Waals surface area contributed by atoms with Crippen LogP contribution < -0.4 is 0 Å². The summed E-state index contributed by atoms with van der Waals surface area (Å²) in [7, 11) is 0. The molecule has 5 heterocycles. The van der Waals surface area contributed by atoms with Gasteiger partial charge in [0, 0.05) is 99.7 Å². The van der Waals surface area contributed by atoms with Crippen LogP contribution in [0.2, 0.25) is 0 Å². The van der Waals surface area contributed by atoms with E-state index in [0.29, 0.717) is 0 Å². The first-order chi connectivity index (χ1) is 29.4. The normalized spacial score (nSPS) is 22.2. The highest BCUT2D eigenvalue weighted by molar-refractivity contribution is 5.83. The third kappa shape index (κ3) is 10.3. The number of aryl methyl sites for hydroxylation is 2. The molecule has 6 atom stereocenters. The number of nitrogens with zero attached hydrogens (tertiary/aromatic N) is 2. The van der Waals surface area contributed by atoms with Gasteiger partial charge in [0.15, 0.2) is 0 Å². The molecule has 3 aliphatic heterocycles. The van der Waals surface area contributed by atoms with Crippen molar-refractivity contribution in [1.82, 2.24) is 19.9 Å². The van der Waals surface area contributed by atoms with E-state index in [2.05, 4.69) is 9.97 Å². The molecule has 20 nitrogen and oxygen atoms in total. The molecule has 2 aromatic heterocycles. The number of nitrogens with one attached hydrogen (secondary N) is 2. The van der Waals surface area contributed by atoms with Gasteiger partial charge in [0.2, 0.25) is 0 Å². The fourth-order valence-corrected chi connectivity index (χ4v) is 9.80. The van der Waals surface area contributed by atoms with Crippen molar-refractivity contribution in [3.05, 3.63) is 69.1 Å². The zero-order valence-electron chi connectivity index (χ0n) is 34.8. The Morgan fingerprint density at radius 1 is 0.571 bits per heavy atom. The van der Waals surface area contributed by atoms with Crippen molar-refractivity contribution in [2.45, 2.75) is 132 Å². The molecule has 0 saturated carbocycles. The molecule has 20 heteroatoms. The van der Waals surface area contributed by atoms with Crippen LogP contribution in [0, 0.1) is 6.92 Å². The van der Waals surface area contributed by atoms with Crippen molar-refractivity contribution in [3.8, 4) is 0 Å². The van der Waals surface area contributed by atoms with Crippen LogP contribution in [0.15, 0.2) is 18.2 Å². The average Bonchev–Trinajstić information content (AvgIpc) is 3.80. The monoisotopic (exact) mass is 878 g/mol. The number of aromatic amines is 2. The molecule has 0 aromatic carbocycles. The second-order valence-electron chi connectivity index (χ2n) is 16.9. The Kier molecular flexibility index (Phi) is 14.0. The SMILES string of the molecule is Cc1c2nc(cc3[nH]c(cc4nc(cc5[nH]c1c(CC(=O)O)c5CCC(=O)O)C(CCC(=O)O)C4CC(=O)O)[C@@H](CCC(=O)O)[C@]3(C)CC(=O)O)[C@@H](CCC(=O)O)[C@]2(C)CC(=O)O. The van der Waals surface area contributed by atoms with Gasteiger partial charge in [-0.15, -0.1) is 0 Å². The Balaban J connectivity index is 2.09. The summed E-state index contributed by atoms with van der Waals surface area (Å²) < 4.78 is 0. The third-order valence-corrected chi connectivity index (χ3v) is 12.6. The van der Waals surface area contributed by atoms with Gasteiger partial charge in [0.1, 0.15) is 0 Å². The van der Waals surface area contributed by atoms with E-state index in [-0.39, 0.29) is 87.6 Å². The van der Waals surface area contributed by atoms with Crippen LogP contribution in [0.3, 0.4) is 0 Å². The Bertz CT molecular complexity index is 2450.